The molecule has 2 heterocycles. The summed E-state index contributed by atoms with van der Waals surface area (Å²) in [7, 11) is 0. The summed E-state index contributed by atoms with van der Waals surface area (Å²) < 4.78 is 27.1. The number of aliphatic hydroxyl groups is 1. The first-order valence-corrected chi connectivity index (χ1v) is 9.16. The highest BCUT2D eigenvalue weighted by Crippen LogP contribution is 2.49. The second-order valence-corrected chi connectivity index (χ2v) is 7.32. The highest BCUT2D eigenvalue weighted by molar-refractivity contribution is 7.16. The van der Waals surface area contributed by atoms with Crippen LogP contribution in [0.3, 0.4) is 0 Å². The highest BCUT2D eigenvalue weighted by atomic mass is 32.1. The van der Waals surface area contributed by atoms with Gasteiger partial charge in [-0.25, -0.2) is 13.8 Å². The van der Waals surface area contributed by atoms with Gasteiger partial charge in [0.25, 0.3) is 5.91 Å². The maximum atomic E-state index is 13.8. The fourth-order valence-corrected chi connectivity index (χ4v) is 4.34. The zero-order valence-corrected chi connectivity index (χ0v) is 15.3. The number of hydrogen-bond donors (Lipinski definition) is 2. The zero-order valence-electron chi connectivity index (χ0n) is 14.5. The number of hydrogen-bond acceptors (Lipinski definition) is 5. The maximum absolute atomic E-state index is 13.8. The number of carbonyl (C=O) groups excluding carboxylic acids is 1. The standard InChI is InChI=1S/C20H15F2N3O2S/c1-2-9-25-15-6-4-3-5-12(15)20(27,18(25)26)17-16(24-19(23)28-17)11-7-8-13(21)14(22)10-11/h2-8,10,27H,1,9H2,(H2,23,24). The number of aromatic nitrogens is 1. The van der Waals surface area contributed by atoms with Crippen molar-refractivity contribution in [1.82, 2.24) is 4.98 Å². The molecule has 0 spiro atoms. The first-order valence-electron chi connectivity index (χ1n) is 8.35. The quantitative estimate of drug-likeness (QED) is 0.659. The van der Waals surface area contributed by atoms with Gasteiger partial charge in [0.2, 0.25) is 5.60 Å². The van der Waals surface area contributed by atoms with Crippen molar-refractivity contribution >= 4 is 28.1 Å². The topological polar surface area (TPSA) is 79.5 Å². The fourth-order valence-electron chi connectivity index (χ4n) is 3.39. The van der Waals surface area contributed by atoms with E-state index in [1.165, 1.54) is 11.0 Å². The minimum Gasteiger partial charge on any atom is -0.375 e. The third-order valence-corrected chi connectivity index (χ3v) is 5.61. The van der Waals surface area contributed by atoms with E-state index < -0.39 is 23.1 Å². The van der Waals surface area contributed by atoms with Crippen molar-refractivity contribution in [2.24, 2.45) is 0 Å². The number of nitrogens with zero attached hydrogens (tertiary/aromatic N) is 2. The number of amides is 1. The minimum absolute atomic E-state index is 0.0932. The van der Waals surface area contributed by atoms with Crippen molar-refractivity contribution in [3.63, 3.8) is 0 Å². The Morgan fingerprint density at radius 1 is 1.25 bits per heavy atom. The van der Waals surface area contributed by atoms with E-state index in [9.17, 15) is 18.7 Å². The molecule has 1 aliphatic heterocycles. The Bertz CT molecular complexity index is 1110. The van der Waals surface area contributed by atoms with Crippen LogP contribution < -0.4 is 10.6 Å². The zero-order chi connectivity index (χ0) is 20.1. The second kappa shape index (κ2) is 6.50. The lowest BCUT2D eigenvalue weighted by atomic mass is 9.91. The summed E-state index contributed by atoms with van der Waals surface area (Å²) in [4.78, 5) is 19.0. The average molecular weight is 399 g/mol. The lowest BCUT2D eigenvalue weighted by Gasteiger charge is -2.22. The molecule has 1 amide bonds. The van der Waals surface area contributed by atoms with Crippen molar-refractivity contribution in [3.8, 4) is 11.3 Å². The van der Waals surface area contributed by atoms with Crippen LogP contribution in [0.25, 0.3) is 11.3 Å². The number of anilines is 2. The molecule has 1 atom stereocenters. The first-order chi connectivity index (χ1) is 13.4. The van der Waals surface area contributed by atoms with Crippen molar-refractivity contribution < 1.29 is 18.7 Å². The monoisotopic (exact) mass is 399 g/mol. The third kappa shape index (κ3) is 2.53. The summed E-state index contributed by atoms with van der Waals surface area (Å²) in [5, 5.41) is 11.7. The van der Waals surface area contributed by atoms with E-state index in [4.69, 9.17) is 5.73 Å². The number of carbonyl (C=O) groups is 1. The van der Waals surface area contributed by atoms with Gasteiger partial charge in [-0.05, 0) is 24.3 Å². The predicted octanol–water partition coefficient (Wildman–Crippen LogP) is 3.44. The smallest absolute Gasteiger partial charge is 0.269 e. The van der Waals surface area contributed by atoms with Gasteiger partial charge in [-0.1, -0.05) is 35.6 Å². The molecule has 2 aromatic carbocycles. The summed E-state index contributed by atoms with van der Waals surface area (Å²) in [6.45, 7) is 3.86. The summed E-state index contributed by atoms with van der Waals surface area (Å²) >= 11 is 0.930. The van der Waals surface area contributed by atoms with Crippen LogP contribution in [0.15, 0.2) is 55.1 Å². The molecule has 0 saturated heterocycles. The minimum atomic E-state index is -2.05. The SMILES string of the molecule is C=CCN1C(=O)C(O)(c2sc(N)nc2-c2ccc(F)c(F)c2)c2ccccc21. The summed E-state index contributed by atoms with van der Waals surface area (Å²) in [5.41, 5.74) is 5.06. The molecule has 0 saturated carbocycles. The summed E-state index contributed by atoms with van der Waals surface area (Å²) in [6, 6.07) is 10.1. The van der Waals surface area contributed by atoms with Crippen LogP contribution in [-0.4, -0.2) is 22.5 Å². The lowest BCUT2D eigenvalue weighted by molar-refractivity contribution is -0.131. The van der Waals surface area contributed by atoms with E-state index in [0.717, 1.165) is 23.5 Å². The average Bonchev–Trinajstić information content (AvgIpc) is 3.17. The highest BCUT2D eigenvalue weighted by Gasteiger charge is 2.53. The number of rotatable bonds is 4. The van der Waals surface area contributed by atoms with E-state index in [-0.39, 0.29) is 27.8 Å². The Morgan fingerprint density at radius 3 is 2.71 bits per heavy atom. The van der Waals surface area contributed by atoms with E-state index in [0.29, 0.717) is 11.3 Å². The molecule has 142 valence electrons. The number of thiazole rings is 1. The number of nitrogen functional groups attached to an aromatic ring is 1. The van der Waals surface area contributed by atoms with Gasteiger partial charge in [0.15, 0.2) is 16.8 Å². The van der Waals surface area contributed by atoms with Gasteiger partial charge < -0.3 is 15.7 Å². The fraction of sp³-hybridized carbons (Fsp3) is 0.100. The molecule has 8 heteroatoms. The molecular weight excluding hydrogens is 384 g/mol. The Morgan fingerprint density at radius 2 is 2.00 bits per heavy atom. The largest absolute Gasteiger partial charge is 0.375 e. The molecule has 0 bridgehead atoms. The van der Waals surface area contributed by atoms with Gasteiger partial charge in [0.1, 0.15) is 0 Å². The number of halogens is 2. The van der Waals surface area contributed by atoms with E-state index in [2.05, 4.69) is 11.6 Å². The summed E-state index contributed by atoms with van der Waals surface area (Å²) in [6.07, 6.45) is 1.55. The molecule has 3 aromatic rings. The Labute approximate surface area is 163 Å². The number of benzene rings is 2. The van der Waals surface area contributed by atoms with Crippen LogP contribution in [0.5, 0.6) is 0 Å². The van der Waals surface area contributed by atoms with Gasteiger partial charge in [-0.3, -0.25) is 4.79 Å². The molecule has 1 aromatic heterocycles. The van der Waals surface area contributed by atoms with Crippen molar-refractivity contribution in [3.05, 3.63) is 77.2 Å². The molecule has 0 radical (unpaired) electrons. The number of para-hydroxylation sites is 1. The molecule has 3 N–H and O–H groups in total. The van der Waals surface area contributed by atoms with Gasteiger partial charge >= 0.3 is 0 Å². The molecule has 0 fully saturated rings. The molecule has 0 aliphatic carbocycles. The van der Waals surface area contributed by atoms with Crippen LogP contribution in [0, 0.1) is 11.6 Å². The second-order valence-electron chi connectivity index (χ2n) is 6.29. The molecule has 28 heavy (non-hydrogen) atoms. The van der Waals surface area contributed by atoms with Crippen LogP contribution in [-0.2, 0) is 10.4 Å². The van der Waals surface area contributed by atoms with Crippen LogP contribution in [0.2, 0.25) is 0 Å². The van der Waals surface area contributed by atoms with Gasteiger partial charge in [0.05, 0.1) is 16.3 Å². The van der Waals surface area contributed by atoms with Crippen molar-refractivity contribution in [2.75, 3.05) is 17.2 Å². The van der Waals surface area contributed by atoms with E-state index in [1.807, 2.05) is 0 Å². The lowest BCUT2D eigenvalue weighted by Crippen LogP contribution is -2.41. The molecular formula is C20H15F2N3O2S. The van der Waals surface area contributed by atoms with Gasteiger partial charge in [-0.2, -0.15) is 0 Å². The van der Waals surface area contributed by atoms with Gasteiger partial charge in [-0.15, -0.1) is 6.58 Å². The third-order valence-electron chi connectivity index (χ3n) is 4.62. The number of fused-ring (bicyclic) bond motifs is 1. The van der Waals surface area contributed by atoms with E-state index >= 15 is 0 Å². The Hall–Kier alpha value is -3.10. The normalized spacial score (nSPS) is 18.4. The molecule has 1 unspecified atom stereocenters. The molecule has 5 nitrogen and oxygen atoms in total. The Balaban J connectivity index is 1.95. The first kappa shape index (κ1) is 18.3. The van der Waals surface area contributed by atoms with Crippen LogP contribution in [0.4, 0.5) is 19.6 Å². The summed E-state index contributed by atoms with van der Waals surface area (Å²) in [5.74, 6) is -2.65. The van der Waals surface area contributed by atoms with Gasteiger partial charge in [0, 0.05) is 17.7 Å². The van der Waals surface area contributed by atoms with Crippen LogP contribution in [0.1, 0.15) is 10.4 Å². The van der Waals surface area contributed by atoms with E-state index in [1.54, 1.807) is 30.3 Å². The van der Waals surface area contributed by atoms with Crippen LogP contribution >= 0.6 is 11.3 Å². The Kier molecular flexibility index (Phi) is 4.24. The van der Waals surface area contributed by atoms with Crippen molar-refractivity contribution in [1.29, 1.82) is 0 Å². The van der Waals surface area contributed by atoms with Crippen molar-refractivity contribution in [2.45, 2.75) is 5.60 Å². The molecule has 1 aliphatic rings. The number of nitrogens with two attached hydrogens (primary N) is 1. The predicted molar refractivity (Wildman–Crippen MR) is 104 cm³/mol. The molecule has 4 rings (SSSR count). The maximum Gasteiger partial charge on any atom is 0.269 e.